The first-order valence-corrected chi connectivity index (χ1v) is 7.04. The Labute approximate surface area is 128 Å². The highest BCUT2D eigenvalue weighted by Gasteiger charge is 2.45. The van der Waals surface area contributed by atoms with Crippen LogP contribution < -0.4 is 11.1 Å². The van der Waals surface area contributed by atoms with Gasteiger partial charge in [0, 0.05) is 18.5 Å². The molecule has 6 heteroatoms. The van der Waals surface area contributed by atoms with E-state index in [-0.39, 0.29) is 36.2 Å². The zero-order chi connectivity index (χ0) is 14.3. The van der Waals surface area contributed by atoms with E-state index in [1.54, 1.807) is 0 Å². The van der Waals surface area contributed by atoms with Gasteiger partial charge in [-0.1, -0.05) is 0 Å². The maximum atomic E-state index is 13.6. The van der Waals surface area contributed by atoms with Crippen molar-refractivity contribution < 1.29 is 13.6 Å². The molecule has 2 saturated carbocycles. The number of amides is 1. The van der Waals surface area contributed by atoms with Crippen LogP contribution in [0, 0.1) is 23.5 Å². The molecule has 0 aromatic heterocycles. The van der Waals surface area contributed by atoms with Crippen molar-refractivity contribution in [3.8, 4) is 0 Å². The minimum absolute atomic E-state index is 0. The van der Waals surface area contributed by atoms with E-state index in [1.165, 1.54) is 6.07 Å². The predicted molar refractivity (Wildman–Crippen MR) is 78.2 cm³/mol. The Morgan fingerprint density at radius 3 is 2.76 bits per heavy atom. The molecule has 3 atom stereocenters. The first-order chi connectivity index (χ1) is 9.56. The van der Waals surface area contributed by atoms with Gasteiger partial charge in [0.1, 0.15) is 11.6 Å². The molecule has 1 aromatic carbocycles. The fourth-order valence-corrected chi connectivity index (χ4v) is 2.67. The predicted octanol–water partition coefficient (Wildman–Crippen LogP) is 2.34. The van der Waals surface area contributed by atoms with E-state index in [1.807, 2.05) is 0 Å². The molecule has 2 aliphatic carbocycles. The SMILES string of the molecule is Cl.NC(CNC(=O)C1CC1c1cc(F)ccc1F)C1CC1. The minimum atomic E-state index is -0.469. The zero-order valence-corrected chi connectivity index (χ0v) is 12.3. The molecule has 0 spiro atoms. The summed E-state index contributed by atoms with van der Waals surface area (Å²) in [6, 6.07) is 3.40. The molecule has 2 aliphatic rings. The van der Waals surface area contributed by atoms with Crippen molar-refractivity contribution in [2.45, 2.75) is 31.2 Å². The molecule has 2 fully saturated rings. The molecule has 116 valence electrons. The molecule has 0 aliphatic heterocycles. The van der Waals surface area contributed by atoms with Gasteiger partial charge in [-0.25, -0.2) is 8.78 Å². The summed E-state index contributed by atoms with van der Waals surface area (Å²) in [5, 5.41) is 2.82. The van der Waals surface area contributed by atoms with Crippen LogP contribution in [0.5, 0.6) is 0 Å². The Bertz CT molecular complexity index is 536. The van der Waals surface area contributed by atoms with Crippen molar-refractivity contribution >= 4 is 18.3 Å². The summed E-state index contributed by atoms with van der Waals surface area (Å²) in [4.78, 5) is 11.9. The first-order valence-electron chi connectivity index (χ1n) is 7.04. The molecule has 1 aromatic rings. The monoisotopic (exact) mass is 316 g/mol. The molecule has 21 heavy (non-hydrogen) atoms. The molecule has 1 amide bonds. The van der Waals surface area contributed by atoms with Gasteiger partial charge < -0.3 is 11.1 Å². The third-order valence-electron chi connectivity index (χ3n) is 4.22. The van der Waals surface area contributed by atoms with E-state index < -0.39 is 11.6 Å². The lowest BCUT2D eigenvalue weighted by Crippen LogP contribution is -2.39. The molecule has 0 saturated heterocycles. The summed E-state index contributed by atoms with van der Waals surface area (Å²) >= 11 is 0. The molecule has 0 heterocycles. The molecule has 0 radical (unpaired) electrons. The number of halogens is 3. The van der Waals surface area contributed by atoms with Crippen LogP contribution in [0.2, 0.25) is 0 Å². The van der Waals surface area contributed by atoms with Gasteiger partial charge in [-0.2, -0.15) is 0 Å². The second kappa shape index (κ2) is 6.28. The van der Waals surface area contributed by atoms with E-state index in [2.05, 4.69) is 5.32 Å². The van der Waals surface area contributed by atoms with Crippen molar-refractivity contribution in [3.63, 3.8) is 0 Å². The van der Waals surface area contributed by atoms with Gasteiger partial charge in [-0.15, -0.1) is 12.4 Å². The van der Waals surface area contributed by atoms with Crippen molar-refractivity contribution in [1.82, 2.24) is 5.32 Å². The lowest BCUT2D eigenvalue weighted by atomic mass is 10.1. The second-order valence-corrected chi connectivity index (χ2v) is 5.86. The number of hydrogen-bond donors (Lipinski definition) is 2. The van der Waals surface area contributed by atoms with E-state index in [4.69, 9.17) is 5.73 Å². The van der Waals surface area contributed by atoms with E-state index in [9.17, 15) is 13.6 Å². The van der Waals surface area contributed by atoms with Crippen LogP contribution in [0.4, 0.5) is 8.78 Å². The number of benzene rings is 1. The van der Waals surface area contributed by atoms with Gasteiger partial charge in [0.25, 0.3) is 0 Å². The third kappa shape index (κ3) is 3.71. The van der Waals surface area contributed by atoms with Gasteiger partial charge in [-0.05, 0) is 54.9 Å². The Morgan fingerprint density at radius 2 is 2.10 bits per heavy atom. The molecule has 0 bridgehead atoms. The lowest BCUT2D eigenvalue weighted by molar-refractivity contribution is -0.122. The normalized spacial score (nSPS) is 24.9. The van der Waals surface area contributed by atoms with Gasteiger partial charge in [-0.3, -0.25) is 4.79 Å². The Morgan fingerprint density at radius 1 is 1.38 bits per heavy atom. The van der Waals surface area contributed by atoms with E-state index >= 15 is 0 Å². The second-order valence-electron chi connectivity index (χ2n) is 5.86. The van der Waals surface area contributed by atoms with Crippen molar-refractivity contribution in [3.05, 3.63) is 35.4 Å². The van der Waals surface area contributed by atoms with Gasteiger partial charge in [0.2, 0.25) is 5.91 Å². The van der Waals surface area contributed by atoms with E-state index in [0.29, 0.717) is 24.4 Å². The maximum absolute atomic E-state index is 13.6. The number of carbonyl (C=O) groups is 1. The summed E-state index contributed by atoms with van der Waals surface area (Å²) in [6.45, 7) is 0.471. The highest BCUT2D eigenvalue weighted by Crippen LogP contribution is 2.48. The van der Waals surface area contributed by atoms with Crippen molar-refractivity contribution in [1.29, 1.82) is 0 Å². The quantitative estimate of drug-likeness (QED) is 0.876. The molecule has 3 nitrogen and oxygen atoms in total. The Balaban J connectivity index is 0.00000161. The Hall–Kier alpha value is -1.20. The number of nitrogens with two attached hydrogens (primary N) is 1. The van der Waals surface area contributed by atoms with E-state index in [0.717, 1.165) is 25.0 Å². The number of nitrogens with one attached hydrogen (secondary N) is 1. The molecule has 3 N–H and O–H groups in total. The highest BCUT2D eigenvalue weighted by atomic mass is 35.5. The largest absolute Gasteiger partial charge is 0.354 e. The van der Waals surface area contributed by atoms with Gasteiger partial charge >= 0.3 is 0 Å². The third-order valence-corrected chi connectivity index (χ3v) is 4.22. The lowest BCUT2D eigenvalue weighted by Gasteiger charge is -2.11. The molecule has 3 rings (SSSR count). The van der Waals surface area contributed by atoms with Crippen molar-refractivity contribution in [2.75, 3.05) is 6.54 Å². The summed E-state index contributed by atoms with van der Waals surface area (Å²) < 4.78 is 26.7. The topological polar surface area (TPSA) is 55.1 Å². The summed E-state index contributed by atoms with van der Waals surface area (Å²) in [5.74, 6) is -0.939. The van der Waals surface area contributed by atoms with Crippen LogP contribution >= 0.6 is 12.4 Å². The smallest absolute Gasteiger partial charge is 0.223 e. The number of carbonyl (C=O) groups excluding carboxylic acids is 1. The average molecular weight is 317 g/mol. The van der Waals surface area contributed by atoms with Gasteiger partial charge in [0.15, 0.2) is 0 Å². The fourth-order valence-electron chi connectivity index (χ4n) is 2.67. The summed E-state index contributed by atoms with van der Waals surface area (Å²) in [6.07, 6.45) is 2.85. The summed E-state index contributed by atoms with van der Waals surface area (Å²) in [7, 11) is 0. The zero-order valence-electron chi connectivity index (χ0n) is 11.5. The van der Waals surface area contributed by atoms with Crippen LogP contribution in [0.15, 0.2) is 18.2 Å². The van der Waals surface area contributed by atoms with Crippen LogP contribution in [0.3, 0.4) is 0 Å². The minimum Gasteiger partial charge on any atom is -0.354 e. The standard InChI is InChI=1S/C15H18F2N2O.ClH/c16-9-3-4-13(17)11(5-9)10-6-12(10)15(20)19-7-14(18)8-1-2-8;/h3-5,8,10,12,14H,1-2,6-7,18H2,(H,19,20);1H. The number of hydrogen-bond acceptors (Lipinski definition) is 2. The fraction of sp³-hybridized carbons (Fsp3) is 0.533. The van der Waals surface area contributed by atoms with Crippen LogP contribution in [0.25, 0.3) is 0 Å². The summed E-state index contributed by atoms with van der Waals surface area (Å²) in [5.41, 5.74) is 6.22. The van der Waals surface area contributed by atoms with Crippen LogP contribution in [0.1, 0.15) is 30.7 Å². The first kappa shape index (κ1) is 16.2. The van der Waals surface area contributed by atoms with Crippen LogP contribution in [-0.2, 0) is 4.79 Å². The molecular formula is C15H19ClF2N2O. The molecular weight excluding hydrogens is 298 g/mol. The average Bonchev–Trinajstić information content (AvgIpc) is 3.28. The highest BCUT2D eigenvalue weighted by molar-refractivity contribution is 5.85. The Kier molecular flexibility index (Phi) is 4.84. The maximum Gasteiger partial charge on any atom is 0.223 e. The number of rotatable bonds is 5. The van der Waals surface area contributed by atoms with Crippen LogP contribution in [-0.4, -0.2) is 18.5 Å². The van der Waals surface area contributed by atoms with Gasteiger partial charge in [0.05, 0.1) is 0 Å². The van der Waals surface area contributed by atoms with Crippen molar-refractivity contribution in [2.24, 2.45) is 17.6 Å². The molecule has 3 unspecified atom stereocenters.